The van der Waals surface area contributed by atoms with E-state index in [2.05, 4.69) is 130 Å². The third-order valence-electron chi connectivity index (χ3n) is 6.41. The fourth-order valence-corrected chi connectivity index (χ4v) is 4.17. The van der Waals surface area contributed by atoms with E-state index in [0.717, 1.165) is 24.6 Å². The quantitative estimate of drug-likeness (QED) is 0.277. The Bertz CT molecular complexity index is 1160. The molecule has 168 valence electrons. The summed E-state index contributed by atoms with van der Waals surface area (Å²) < 4.78 is 6.35. The molecule has 0 aromatic heterocycles. The van der Waals surface area contributed by atoms with Crippen molar-refractivity contribution in [2.75, 3.05) is 11.4 Å². The van der Waals surface area contributed by atoms with Crippen LogP contribution in [0.5, 0.6) is 11.5 Å². The maximum atomic E-state index is 6.35. The predicted molar refractivity (Wildman–Crippen MR) is 139 cm³/mol. The van der Waals surface area contributed by atoms with Crippen LogP contribution in [-0.4, -0.2) is 6.54 Å². The molecule has 0 heterocycles. The molecule has 2 nitrogen and oxygen atoms in total. The first kappa shape index (κ1) is 22.7. The fourth-order valence-electron chi connectivity index (χ4n) is 4.17. The normalized spacial score (nSPS) is 11.3. The Morgan fingerprint density at radius 1 is 0.697 bits per heavy atom. The average molecular weight is 436 g/mol. The van der Waals surface area contributed by atoms with Gasteiger partial charge in [0.15, 0.2) is 0 Å². The molecule has 0 amide bonds. The van der Waals surface area contributed by atoms with Gasteiger partial charge in [-0.05, 0) is 55.3 Å². The SMILES string of the molecule is CCN(Cc1ccccc1Oc1ccc(C(C)(C)c2ccc(C)cc2)cc1)c1ccccc1. The molecule has 0 radical (unpaired) electrons. The van der Waals surface area contributed by atoms with Crippen LogP contribution in [0.25, 0.3) is 0 Å². The second kappa shape index (κ2) is 9.95. The Labute approximate surface area is 198 Å². The van der Waals surface area contributed by atoms with Crippen LogP contribution in [0.3, 0.4) is 0 Å². The fraction of sp³-hybridized carbons (Fsp3) is 0.226. The van der Waals surface area contributed by atoms with Crippen molar-refractivity contribution in [3.63, 3.8) is 0 Å². The van der Waals surface area contributed by atoms with Gasteiger partial charge in [-0.2, -0.15) is 0 Å². The zero-order chi connectivity index (χ0) is 23.3. The number of hydrogen-bond acceptors (Lipinski definition) is 2. The zero-order valence-corrected chi connectivity index (χ0v) is 20.1. The Balaban J connectivity index is 1.52. The molecular formula is C31H33NO. The third kappa shape index (κ3) is 5.28. The summed E-state index contributed by atoms with van der Waals surface area (Å²) in [6, 6.07) is 36.2. The number of rotatable bonds is 8. The molecule has 4 aromatic rings. The van der Waals surface area contributed by atoms with Crippen molar-refractivity contribution < 1.29 is 4.74 Å². The van der Waals surface area contributed by atoms with Gasteiger partial charge in [0.1, 0.15) is 11.5 Å². The molecule has 0 saturated carbocycles. The first-order valence-electron chi connectivity index (χ1n) is 11.7. The molecule has 0 spiro atoms. The van der Waals surface area contributed by atoms with Crippen LogP contribution in [0, 0.1) is 6.92 Å². The van der Waals surface area contributed by atoms with Gasteiger partial charge >= 0.3 is 0 Å². The predicted octanol–water partition coefficient (Wildman–Crippen LogP) is 8.14. The van der Waals surface area contributed by atoms with E-state index in [1.165, 1.54) is 27.9 Å². The molecule has 0 bridgehead atoms. The van der Waals surface area contributed by atoms with Gasteiger partial charge in [0.25, 0.3) is 0 Å². The maximum Gasteiger partial charge on any atom is 0.132 e. The van der Waals surface area contributed by atoms with E-state index in [-0.39, 0.29) is 5.41 Å². The number of anilines is 1. The lowest BCUT2D eigenvalue weighted by Gasteiger charge is -2.26. The number of para-hydroxylation sites is 2. The average Bonchev–Trinajstić information content (AvgIpc) is 2.84. The van der Waals surface area contributed by atoms with Gasteiger partial charge in [-0.1, -0.05) is 92.2 Å². The van der Waals surface area contributed by atoms with Gasteiger partial charge < -0.3 is 9.64 Å². The van der Waals surface area contributed by atoms with Gasteiger partial charge in [0.05, 0.1) is 0 Å². The number of aryl methyl sites for hydroxylation is 1. The van der Waals surface area contributed by atoms with Crippen LogP contribution in [0.1, 0.15) is 43.0 Å². The molecule has 4 rings (SSSR count). The van der Waals surface area contributed by atoms with E-state index in [1.807, 2.05) is 6.07 Å². The highest BCUT2D eigenvalue weighted by molar-refractivity contribution is 5.49. The second-order valence-corrected chi connectivity index (χ2v) is 9.07. The van der Waals surface area contributed by atoms with Crippen LogP contribution in [-0.2, 0) is 12.0 Å². The van der Waals surface area contributed by atoms with Gasteiger partial charge in [-0.25, -0.2) is 0 Å². The smallest absolute Gasteiger partial charge is 0.132 e. The van der Waals surface area contributed by atoms with Crippen LogP contribution < -0.4 is 9.64 Å². The van der Waals surface area contributed by atoms with E-state index >= 15 is 0 Å². The lowest BCUT2D eigenvalue weighted by molar-refractivity contribution is 0.474. The molecule has 33 heavy (non-hydrogen) atoms. The molecule has 0 unspecified atom stereocenters. The molecule has 0 aliphatic rings. The minimum absolute atomic E-state index is 0.0680. The molecule has 2 heteroatoms. The molecular weight excluding hydrogens is 402 g/mol. The van der Waals surface area contributed by atoms with Crippen molar-refractivity contribution in [3.05, 3.63) is 125 Å². The molecule has 0 aliphatic heterocycles. The number of ether oxygens (including phenoxy) is 1. The van der Waals surface area contributed by atoms with Crippen molar-refractivity contribution in [3.8, 4) is 11.5 Å². The first-order chi connectivity index (χ1) is 16.0. The number of nitrogens with zero attached hydrogens (tertiary/aromatic N) is 1. The summed E-state index contributed by atoms with van der Waals surface area (Å²) in [4.78, 5) is 2.36. The van der Waals surface area contributed by atoms with E-state index in [9.17, 15) is 0 Å². The molecule has 0 N–H and O–H groups in total. The van der Waals surface area contributed by atoms with Crippen molar-refractivity contribution >= 4 is 5.69 Å². The van der Waals surface area contributed by atoms with Crippen molar-refractivity contribution in [1.82, 2.24) is 0 Å². The van der Waals surface area contributed by atoms with Crippen LogP contribution in [0.4, 0.5) is 5.69 Å². The maximum absolute atomic E-state index is 6.35. The highest BCUT2D eigenvalue weighted by Crippen LogP contribution is 2.34. The Morgan fingerprint density at radius 2 is 1.27 bits per heavy atom. The topological polar surface area (TPSA) is 12.5 Å². The van der Waals surface area contributed by atoms with Crippen LogP contribution in [0.15, 0.2) is 103 Å². The zero-order valence-electron chi connectivity index (χ0n) is 20.1. The Hall–Kier alpha value is -3.52. The summed E-state index contributed by atoms with van der Waals surface area (Å²) in [6.45, 7) is 10.6. The largest absolute Gasteiger partial charge is 0.457 e. The Morgan fingerprint density at radius 3 is 1.91 bits per heavy atom. The summed E-state index contributed by atoms with van der Waals surface area (Å²) in [5, 5.41) is 0. The molecule has 0 fully saturated rings. The van der Waals surface area contributed by atoms with Gasteiger partial charge in [0.2, 0.25) is 0 Å². The lowest BCUT2D eigenvalue weighted by atomic mass is 9.78. The van der Waals surface area contributed by atoms with Gasteiger partial charge in [-0.15, -0.1) is 0 Å². The lowest BCUT2D eigenvalue weighted by Crippen LogP contribution is -2.22. The van der Waals surface area contributed by atoms with E-state index in [1.54, 1.807) is 0 Å². The highest BCUT2D eigenvalue weighted by Gasteiger charge is 2.23. The highest BCUT2D eigenvalue weighted by atomic mass is 16.5. The minimum Gasteiger partial charge on any atom is -0.457 e. The van der Waals surface area contributed by atoms with Crippen molar-refractivity contribution in [2.45, 2.75) is 39.7 Å². The number of hydrogen-bond donors (Lipinski definition) is 0. The van der Waals surface area contributed by atoms with Gasteiger partial charge in [0, 0.05) is 29.8 Å². The second-order valence-electron chi connectivity index (χ2n) is 9.07. The number of benzene rings is 4. The molecule has 0 aliphatic carbocycles. The first-order valence-corrected chi connectivity index (χ1v) is 11.7. The van der Waals surface area contributed by atoms with E-state index < -0.39 is 0 Å². The van der Waals surface area contributed by atoms with Crippen LogP contribution in [0.2, 0.25) is 0 Å². The Kier molecular flexibility index (Phi) is 6.84. The molecule has 4 aromatic carbocycles. The monoisotopic (exact) mass is 435 g/mol. The molecule has 0 atom stereocenters. The van der Waals surface area contributed by atoms with Gasteiger partial charge in [-0.3, -0.25) is 0 Å². The third-order valence-corrected chi connectivity index (χ3v) is 6.41. The summed E-state index contributed by atoms with van der Waals surface area (Å²) >= 11 is 0. The summed E-state index contributed by atoms with van der Waals surface area (Å²) in [6.07, 6.45) is 0. The standard InChI is InChI=1S/C31H33NO/c1-5-32(28-12-7-6-8-13-28)23-25-11-9-10-14-30(25)33-29-21-19-27(20-22-29)31(3,4)26-17-15-24(2)16-18-26/h6-22H,5,23H2,1-4H3. The van der Waals surface area contributed by atoms with E-state index in [0.29, 0.717) is 0 Å². The summed E-state index contributed by atoms with van der Waals surface area (Å²) in [5.74, 6) is 1.76. The van der Waals surface area contributed by atoms with E-state index in [4.69, 9.17) is 4.74 Å². The van der Waals surface area contributed by atoms with Crippen molar-refractivity contribution in [1.29, 1.82) is 0 Å². The summed E-state index contributed by atoms with van der Waals surface area (Å²) in [7, 11) is 0. The molecule has 0 saturated heterocycles. The van der Waals surface area contributed by atoms with Crippen molar-refractivity contribution in [2.24, 2.45) is 0 Å². The van der Waals surface area contributed by atoms with Crippen LogP contribution >= 0.6 is 0 Å². The summed E-state index contributed by atoms with van der Waals surface area (Å²) in [5.41, 5.74) is 6.19. The minimum atomic E-state index is -0.0680.